The highest BCUT2D eigenvalue weighted by molar-refractivity contribution is 7.84. The van der Waals surface area contributed by atoms with Crippen LogP contribution in [0.4, 0.5) is 0 Å². The van der Waals surface area contributed by atoms with E-state index in [1.807, 2.05) is 94.4 Å². The zero-order valence-corrected chi connectivity index (χ0v) is 19.3. The summed E-state index contributed by atoms with van der Waals surface area (Å²) >= 11 is 0. The average molecular weight is 439 g/mol. The Kier molecular flexibility index (Phi) is 7.82. The molecule has 0 saturated heterocycles. The molecular weight excluding hydrogens is 408 g/mol. The quantitative estimate of drug-likeness (QED) is 0.489. The van der Waals surface area contributed by atoms with Crippen LogP contribution in [0, 0.1) is 0 Å². The number of aromatic nitrogens is 1. The molecular formula is C25H30N2O3S. The Balaban J connectivity index is 1.79. The molecule has 2 unspecified atom stereocenters. The standard InChI is InChI=1S/C25H30N2O3S/c1-19(27-31(28)25(2,3)4)24-23(30-18-21-13-9-6-10-14-21)15-22(16-26-24)29-17-20-11-7-5-8-12-20/h5-16,19,27H,17-18H2,1-4H3. The van der Waals surface area contributed by atoms with Crippen molar-refractivity contribution in [2.24, 2.45) is 0 Å². The number of hydrogen-bond acceptors (Lipinski definition) is 4. The number of benzene rings is 2. The summed E-state index contributed by atoms with van der Waals surface area (Å²) < 4.78 is 27.4. The average Bonchev–Trinajstić information content (AvgIpc) is 2.77. The molecule has 164 valence electrons. The normalized spacial score (nSPS) is 13.4. The highest BCUT2D eigenvalue weighted by Gasteiger charge is 2.24. The molecule has 0 radical (unpaired) electrons. The summed E-state index contributed by atoms with van der Waals surface area (Å²) in [5.41, 5.74) is 2.83. The number of pyridine rings is 1. The van der Waals surface area contributed by atoms with Crippen molar-refractivity contribution in [1.82, 2.24) is 9.71 Å². The molecule has 3 aromatic rings. The van der Waals surface area contributed by atoms with Crippen molar-refractivity contribution in [3.8, 4) is 11.5 Å². The molecule has 0 bridgehead atoms. The molecule has 0 amide bonds. The molecule has 2 atom stereocenters. The van der Waals surface area contributed by atoms with E-state index in [0.29, 0.717) is 30.4 Å². The number of ether oxygens (including phenoxy) is 2. The van der Waals surface area contributed by atoms with Gasteiger partial charge in [0.2, 0.25) is 0 Å². The van der Waals surface area contributed by atoms with E-state index in [9.17, 15) is 4.21 Å². The molecule has 3 rings (SSSR count). The van der Waals surface area contributed by atoms with Gasteiger partial charge in [0.25, 0.3) is 0 Å². The fraction of sp³-hybridized carbons (Fsp3) is 0.320. The summed E-state index contributed by atoms with van der Waals surface area (Å²) in [5.74, 6) is 1.24. The summed E-state index contributed by atoms with van der Waals surface area (Å²) in [5, 5.41) is 0. The third-order valence-electron chi connectivity index (χ3n) is 4.59. The summed E-state index contributed by atoms with van der Waals surface area (Å²) in [6.45, 7) is 8.59. The van der Waals surface area contributed by atoms with Gasteiger partial charge in [-0.2, -0.15) is 0 Å². The summed E-state index contributed by atoms with van der Waals surface area (Å²) in [7, 11) is -1.23. The first-order valence-corrected chi connectivity index (χ1v) is 11.5. The van der Waals surface area contributed by atoms with Crippen LogP contribution in [0.3, 0.4) is 0 Å². The Morgan fingerprint density at radius 1 is 0.935 bits per heavy atom. The van der Waals surface area contributed by atoms with Gasteiger partial charge in [-0.05, 0) is 38.8 Å². The first kappa shape index (κ1) is 23.0. The van der Waals surface area contributed by atoms with Gasteiger partial charge in [-0.3, -0.25) is 4.98 Å². The van der Waals surface area contributed by atoms with Crippen LogP contribution in [-0.2, 0) is 24.2 Å². The van der Waals surface area contributed by atoms with Gasteiger partial charge >= 0.3 is 0 Å². The molecule has 1 N–H and O–H groups in total. The molecule has 5 nitrogen and oxygen atoms in total. The van der Waals surface area contributed by atoms with E-state index in [-0.39, 0.29) is 10.8 Å². The minimum Gasteiger partial charge on any atom is -0.487 e. The van der Waals surface area contributed by atoms with E-state index in [4.69, 9.17) is 9.47 Å². The topological polar surface area (TPSA) is 60.5 Å². The summed E-state index contributed by atoms with van der Waals surface area (Å²) in [6.07, 6.45) is 1.69. The van der Waals surface area contributed by atoms with Crippen LogP contribution < -0.4 is 14.2 Å². The smallest absolute Gasteiger partial charge is 0.146 e. The van der Waals surface area contributed by atoms with Crippen molar-refractivity contribution in [1.29, 1.82) is 0 Å². The SMILES string of the molecule is CC(NS(=O)C(C)(C)C)c1ncc(OCc2ccccc2)cc1OCc1ccccc1. The number of nitrogens with zero attached hydrogens (tertiary/aromatic N) is 1. The van der Waals surface area contributed by atoms with E-state index in [1.165, 1.54) is 0 Å². The minimum absolute atomic E-state index is 0.256. The maximum Gasteiger partial charge on any atom is 0.146 e. The lowest BCUT2D eigenvalue weighted by atomic mass is 10.2. The number of nitrogens with one attached hydrogen (secondary N) is 1. The maximum absolute atomic E-state index is 12.6. The van der Waals surface area contributed by atoms with Gasteiger partial charge in [-0.15, -0.1) is 0 Å². The predicted octanol–water partition coefficient (Wildman–Crippen LogP) is 5.35. The summed E-state index contributed by atoms with van der Waals surface area (Å²) in [4.78, 5) is 4.59. The first-order chi connectivity index (χ1) is 14.8. The Bertz CT molecular complexity index is 989. The van der Waals surface area contributed by atoms with Crippen molar-refractivity contribution in [3.63, 3.8) is 0 Å². The van der Waals surface area contributed by atoms with Crippen molar-refractivity contribution in [2.75, 3.05) is 0 Å². The highest BCUT2D eigenvalue weighted by atomic mass is 32.2. The molecule has 6 heteroatoms. The molecule has 0 aliphatic rings. The van der Waals surface area contributed by atoms with Gasteiger partial charge in [0.15, 0.2) is 0 Å². The second-order valence-corrected chi connectivity index (χ2v) is 10.3. The van der Waals surface area contributed by atoms with Gasteiger partial charge in [-0.25, -0.2) is 8.93 Å². The second kappa shape index (κ2) is 10.6. The zero-order chi connectivity index (χ0) is 22.3. The van der Waals surface area contributed by atoms with Crippen molar-refractivity contribution in [2.45, 2.75) is 51.7 Å². The van der Waals surface area contributed by atoms with E-state index >= 15 is 0 Å². The van der Waals surface area contributed by atoms with Gasteiger partial charge in [0, 0.05) is 6.07 Å². The lowest BCUT2D eigenvalue weighted by Gasteiger charge is -2.23. The largest absolute Gasteiger partial charge is 0.487 e. The minimum atomic E-state index is -1.23. The van der Waals surface area contributed by atoms with Crippen LogP contribution >= 0.6 is 0 Å². The fourth-order valence-corrected chi connectivity index (χ4v) is 3.61. The summed E-state index contributed by atoms with van der Waals surface area (Å²) in [6, 6.07) is 21.5. The predicted molar refractivity (Wildman–Crippen MR) is 125 cm³/mol. The first-order valence-electron chi connectivity index (χ1n) is 10.3. The van der Waals surface area contributed by atoms with Crippen LogP contribution in [0.15, 0.2) is 72.9 Å². The monoisotopic (exact) mass is 438 g/mol. The highest BCUT2D eigenvalue weighted by Crippen LogP contribution is 2.29. The van der Waals surface area contributed by atoms with Crippen LogP contribution in [0.5, 0.6) is 11.5 Å². The third kappa shape index (κ3) is 6.91. The Morgan fingerprint density at radius 3 is 2.03 bits per heavy atom. The van der Waals surface area contributed by atoms with Gasteiger partial charge in [0.05, 0.1) is 28.0 Å². The van der Waals surface area contributed by atoms with E-state index in [1.54, 1.807) is 6.20 Å². The van der Waals surface area contributed by atoms with Crippen molar-refractivity contribution >= 4 is 11.0 Å². The van der Waals surface area contributed by atoms with Crippen LogP contribution in [-0.4, -0.2) is 13.9 Å². The van der Waals surface area contributed by atoms with Crippen molar-refractivity contribution in [3.05, 3.63) is 89.7 Å². The molecule has 0 saturated carbocycles. The number of rotatable bonds is 9. The molecule has 0 aliphatic heterocycles. The fourth-order valence-electron chi connectivity index (χ4n) is 2.83. The molecule has 2 aromatic carbocycles. The van der Waals surface area contributed by atoms with E-state index in [0.717, 1.165) is 11.1 Å². The maximum atomic E-state index is 12.6. The molecule has 1 aromatic heterocycles. The Morgan fingerprint density at radius 2 is 1.48 bits per heavy atom. The second-order valence-electron chi connectivity index (χ2n) is 8.32. The molecule has 31 heavy (non-hydrogen) atoms. The molecule has 0 aliphatic carbocycles. The van der Waals surface area contributed by atoms with Gasteiger partial charge < -0.3 is 9.47 Å². The number of hydrogen-bond donors (Lipinski definition) is 1. The van der Waals surface area contributed by atoms with Crippen LogP contribution in [0.2, 0.25) is 0 Å². The molecule has 0 spiro atoms. The molecule has 0 fully saturated rings. The third-order valence-corrected chi connectivity index (χ3v) is 6.27. The lowest BCUT2D eigenvalue weighted by molar-refractivity contribution is 0.283. The van der Waals surface area contributed by atoms with E-state index < -0.39 is 11.0 Å². The molecule has 1 heterocycles. The van der Waals surface area contributed by atoms with Crippen LogP contribution in [0.1, 0.15) is 50.6 Å². The zero-order valence-electron chi connectivity index (χ0n) is 18.5. The Labute approximate surface area is 187 Å². The van der Waals surface area contributed by atoms with Gasteiger partial charge in [0.1, 0.15) is 30.4 Å². The van der Waals surface area contributed by atoms with E-state index in [2.05, 4.69) is 9.71 Å². The van der Waals surface area contributed by atoms with Crippen molar-refractivity contribution < 1.29 is 13.7 Å². The lowest BCUT2D eigenvalue weighted by Crippen LogP contribution is -2.35. The Hall–Kier alpha value is -2.70. The van der Waals surface area contributed by atoms with Crippen LogP contribution in [0.25, 0.3) is 0 Å². The van der Waals surface area contributed by atoms with Gasteiger partial charge in [-0.1, -0.05) is 60.7 Å².